The number of hydroxylamine groups is 1. The van der Waals surface area contributed by atoms with Crippen LogP contribution in [0.5, 0.6) is 0 Å². The van der Waals surface area contributed by atoms with Gasteiger partial charge in [-0.15, -0.1) is 0 Å². The molecule has 19 heavy (non-hydrogen) atoms. The van der Waals surface area contributed by atoms with Crippen molar-refractivity contribution in [1.82, 2.24) is 10.0 Å². The molecule has 2 N–H and O–H groups in total. The second-order valence-electron chi connectivity index (χ2n) is 5.71. The molecule has 5 rings (SSSR count). The van der Waals surface area contributed by atoms with Crippen LogP contribution in [0, 0.1) is 0 Å². The van der Waals surface area contributed by atoms with E-state index >= 15 is 0 Å². The lowest BCUT2D eigenvalue weighted by molar-refractivity contribution is 0.161. The number of rotatable bonds is 2. The Labute approximate surface area is 112 Å². The fourth-order valence-corrected chi connectivity index (χ4v) is 4.00. The van der Waals surface area contributed by atoms with E-state index in [-0.39, 0.29) is 0 Å². The van der Waals surface area contributed by atoms with Gasteiger partial charge in [0.1, 0.15) is 5.82 Å². The van der Waals surface area contributed by atoms with Gasteiger partial charge in [-0.3, -0.25) is 0 Å². The summed E-state index contributed by atoms with van der Waals surface area (Å²) in [6.45, 7) is 2.88. The molecule has 0 radical (unpaired) electrons. The molecule has 0 spiro atoms. The summed E-state index contributed by atoms with van der Waals surface area (Å²) >= 11 is 0. The average molecular weight is 257 g/mol. The van der Waals surface area contributed by atoms with Gasteiger partial charge >= 0.3 is 0 Å². The van der Waals surface area contributed by atoms with Crippen molar-refractivity contribution in [3.63, 3.8) is 0 Å². The van der Waals surface area contributed by atoms with E-state index in [9.17, 15) is 0 Å². The minimum atomic E-state index is 0.499. The summed E-state index contributed by atoms with van der Waals surface area (Å²) < 4.78 is 2.32. The summed E-state index contributed by atoms with van der Waals surface area (Å²) in [4.78, 5) is 2.52. The highest BCUT2D eigenvalue weighted by molar-refractivity contribution is 5.93. The first-order valence-electron chi connectivity index (χ1n) is 7.03. The second-order valence-corrected chi connectivity index (χ2v) is 5.71. The molecule has 3 aliphatic rings. The van der Waals surface area contributed by atoms with Gasteiger partial charge in [0.25, 0.3) is 0 Å². The summed E-state index contributed by atoms with van der Waals surface area (Å²) in [6, 6.07) is 6.43. The fraction of sp³-hybridized carbons (Fsp3) is 0.467. The molecule has 1 saturated heterocycles. The van der Waals surface area contributed by atoms with Crippen molar-refractivity contribution in [2.45, 2.75) is 25.3 Å². The highest BCUT2D eigenvalue weighted by atomic mass is 16.5. The normalized spacial score (nSPS) is 18.3. The minimum absolute atomic E-state index is 0.499. The lowest BCUT2D eigenvalue weighted by atomic mass is 9.84. The number of anilines is 1. The van der Waals surface area contributed by atoms with Gasteiger partial charge < -0.3 is 14.7 Å². The topological polar surface area (TPSA) is 40.4 Å². The summed E-state index contributed by atoms with van der Waals surface area (Å²) in [7, 11) is 2.16. The van der Waals surface area contributed by atoms with Crippen LogP contribution in [0.1, 0.15) is 29.9 Å². The lowest BCUT2D eigenvalue weighted by Gasteiger charge is -2.41. The second kappa shape index (κ2) is 3.99. The zero-order valence-electron chi connectivity index (χ0n) is 11.2. The van der Waals surface area contributed by atoms with Crippen LogP contribution in [0.2, 0.25) is 0 Å². The molecule has 0 aliphatic carbocycles. The molecular formula is C15H19N3O. The first kappa shape index (κ1) is 11.3. The number of aromatic nitrogens is 1. The molecule has 4 heteroatoms. The van der Waals surface area contributed by atoms with Crippen LogP contribution in [0.15, 0.2) is 18.2 Å². The molecule has 0 unspecified atom stereocenters. The molecule has 0 saturated carbocycles. The van der Waals surface area contributed by atoms with Crippen LogP contribution < -0.4 is 10.4 Å². The number of aryl methyl sites for hydroxylation is 1. The maximum atomic E-state index is 9.02. The highest BCUT2D eigenvalue weighted by Gasteiger charge is 2.35. The summed E-state index contributed by atoms with van der Waals surface area (Å²) in [6.07, 6.45) is 2.57. The molecule has 4 heterocycles. The van der Waals surface area contributed by atoms with E-state index in [4.69, 9.17) is 5.21 Å². The van der Waals surface area contributed by atoms with Gasteiger partial charge in [-0.1, -0.05) is 18.2 Å². The van der Waals surface area contributed by atoms with Crippen molar-refractivity contribution in [3.05, 3.63) is 29.3 Å². The Bertz CT molecular complexity index is 638. The first-order chi connectivity index (χ1) is 9.31. The molecular weight excluding hydrogens is 238 g/mol. The summed E-state index contributed by atoms with van der Waals surface area (Å²) in [5, 5.41) is 10.4. The van der Waals surface area contributed by atoms with Gasteiger partial charge in [-0.2, -0.15) is 0 Å². The number of piperidine rings is 1. The van der Waals surface area contributed by atoms with Gasteiger partial charge in [0, 0.05) is 37.6 Å². The highest BCUT2D eigenvalue weighted by Crippen LogP contribution is 2.47. The van der Waals surface area contributed by atoms with Crippen molar-refractivity contribution in [3.8, 4) is 0 Å². The van der Waals surface area contributed by atoms with E-state index in [0.717, 1.165) is 11.5 Å². The number of nitrogens with zero attached hydrogens (tertiary/aromatic N) is 2. The third-order valence-electron chi connectivity index (χ3n) is 4.78. The molecule has 4 nitrogen and oxygen atoms in total. The van der Waals surface area contributed by atoms with Crippen LogP contribution in [0.4, 0.5) is 5.82 Å². The van der Waals surface area contributed by atoms with E-state index in [2.05, 4.69) is 40.2 Å². The van der Waals surface area contributed by atoms with Crippen LogP contribution in [0.3, 0.4) is 0 Å². The van der Waals surface area contributed by atoms with Crippen molar-refractivity contribution in [1.29, 1.82) is 0 Å². The van der Waals surface area contributed by atoms with Crippen LogP contribution >= 0.6 is 0 Å². The van der Waals surface area contributed by atoms with E-state index in [1.807, 2.05) is 0 Å². The van der Waals surface area contributed by atoms with E-state index in [0.29, 0.717) is 6.54 Å². The molecule has 3 aliphatic heterocycles. The number of nitrogens with one attached hydrogen (secondary N) is 1. The van der Waals surface area contributed by atoms with E-state index in [1.165, 1.54) is 48.2 Å². The quantitative estimate of drug-likeness (QED) is 0.811. The molecule has 1 aromatic heterocycles. The third kappa shape index (κ3) is 1.41. The van der Waals surface area contributed by atoms with Crippen LogP contribution in [-0.2, 0) is 13.6 Å². The Balaban J connectivity index is 2.05. The zero-order valence-corrected chi connectivity index (χ0v) is 11.2. The predicted molar refractivity (Wildman–Crippen MR) is 75.7 cm³/mol. The summed E-state index contributed by atoms with van der Waals surface area (Å²) in [5.74, 6) is 2.13. The van der Waals surface area contributed by atoms with Crippen molar-refractivity contribution >= 4 is 16.7 Å². The standard InChI is InChI=1S/C15H19N3O/c1-17-14-11(9-16-19)3-2-4-12(14)13-10-5-7-18(8-6-10)15(13)17/h2-4,10,16,19H,5-9H2,1H3. The summed E-state index contributed by atoms with van der Waals surface area (Å²) in [5.41, 5.74) is 6.27. The molecule has 1 fully saturated rings. The SMILES string of the molecule is Cn1c2c(c3cccc(CNO)c31)C1CCN2CC1. The maximum Gasteiger partial charge on any atom is 0.112 e. The lowest BCUT2D eigenvalue weighted by Crippen LogP contribution is -2.39. The van der Waals surface area contributed by atoms with Crippen LogP contribution in [0.25, 0.3) is 10.9 Å². The van der Waals surface area contributed by atoms with Gasteiger partial charge in [-0.25, -0.2) is 5.48 Å². The maximum absolute atomic E-state index is 9.02. The predicted octanol–water partition coefficient (Wildman–Crippen LogP) is 2.35. The molecule has 2 bridgehead atoms. The van der Waals surface area contributed by atoms with Gasteiger partial charge in [0.05, 0.1) is 5.52 Å². The van der Waals surface area contributed by atoms with E-state index < -0.39 is 0 Å². The van der Waals surface area contributed by atoms with Gasteiger partial charge in [0.15, 0.2) is 0 Å². The van der Waals surface area contributed by atoms with Crippen LogP contribution in [-0.4, -0.2) is 22.9 Å². The monoisotopic (exact) mass is 257 g/mol. The molecule has 2 aromatic rings. The zero-order chi connectivity index (χ0) is 13.0. The number of benzene rings is 1. The Morgan fingerprint density at radius 3 is 2.84 bits per heavy atom. The molecule has 0 atom stereocenters. The molecule has 0 amide bonds. The Morgan fingerprint density at radius 1 is 1.32 bits per heavy atom. The van der Waals surface area contributed by atoms with Crippen molar-refractivity contribution in [2.24, 2.45) is 7.05 Å². The Morgan fingerprint density at radius 2 is 2.11 bits per heavy atom. The third-order valence-corrected chi connectivity index (χ3v) is 4.78. The molecule has 100 valence electrons. The number of hydrogen-bond donors (Lipinski definition) is 2. The fourth-order valence-electron chi connectivity index (χ4n) is 4.00. The molecule has 1 aromatic carbocycles. The van der Waals surface area contributed by atoms with Crippen molar-refractivity contribution < 1.29 is 5.21 Å². The number of fused-ring (bicyclic) bond motifs is 3. The largest absolute Gasteiger partial charge is 0.358 e. The number of hydrogen-bond acceptors (Lipinski definition) is 3. The minimum Gasteiger partial charge on any atom is -0.358 e. The Hall–Kier alpha value is -1.52. The van der Waals surface area contributed by atoms with E-state index in [1.54, 1.807) is 0 Å². The Kier molecular flexibility index (Phi) is 2.37. The smallest absolute Gasteiger partial charge is 0.112 e. The van der Waals surface area contributed by atoms with Gasteiger partial charge in [0.2, 0.25) is 0 Å². The first-order valence-corrected chi connectivity index (χ1v) is 7.03. The van der Waals surface area contributed by atoms with Crippen molar-refractivity contribution in [2.75, 3.05) is 18.0 Å². The average Bonchev–Trinajstić information content (AvgIpc) is 2.78. The van der Waals surface area contributed by atoms with Gasteiger partial charge in [-0.05, 0) is 24.3 Å². The number of para-hydroxylation sites is 1.